The predicted molar refractivity (Wildman–Crippen MR) is 105 cm³/mol. The zero-order chi connectivity index (χ0) is 18.6. The van der Waals surface area contributed by atoms with E-state index in [0.717, 1.165) is 55.5 Å². The van der Waals surface area contributed by atoms with Gasteiger partial charge in [-0.05, 0) is 24.3 Å². The summed E-state index contributed by atoms with van der Waals surface area (Å²) >= 11 is 0. The fourth-order valence-electron chi connectivity index (χ4n) is 3.39. The lowest BCUT2D eigenvalue weighted by Gasteiger charge is -2.35. The van der Waals surface area contributed by atoms with Crippen LogP contribution in [0.4, 0.5) is 11.4 Å². The lowest BCUT2D eigenvalue weighted by atomic mass is 10.2. The third-order valence-corrected chi connectivity index (χ3v) is 4.90. The van der Waals surface area contributed by atoms with Gasteiger partial charge in [-0.25, -0.2) is 0 Å². The van der Waals surface area contributed by atoms with Crippen molar-refractivity contribution in [1.82, 2.24) is 4.90 Å². The van der Waals surface area contributed by atoms with E-state index in [1.807, 2.05) is 54.6 Å². The summed E-state index contributed by atoms with van der Waals surface area (Å²) in [5.41, 5.74) is 2.25. The minimum Gasteiger partial charge on any atom is -0.460 e. The van der Waals surface area contributed by atoms with Crippen molar-refractivity contribution < 1.29 is 9.34 Å². The minimum atomic E-state index is -0.366. The Labute approximate surface area is 157 Å². The highest BCUT2D eigenvalue weighted by molar-refractivity contribution is 5.57. The molecule has 0 atom stereocenters. The van der Waals surface area contributed by atoms with Crippen LogP contribution in [-0.2, 0) is 6.54 Å². The van der Waals surface area contributed by atoms with Gasteiger partial charge in [0.05, 0.1) is 11.5 Å². The Balaban J connectivity index is 1.33. The van der Waals surface area contributed by atoms with E-state index in [9.17, 15) is 10.1 Å². The number of furan rings is 1. The maximum atomic E-state index is 10.8. The van der Waals surface area contributed by atoms with Gasteiger partial charge in [-0.15, -0.1) is 0 Å². The zero-order valence-electron chi connectivity index (χ0n) is 15.0. The van der Waals surface area contributed by atoms with Gasteiger partial charge in [0.1, 0.15) is 11.5 Å². The lowest BCUT2D eigenvalue weighted by molar-refractivity contribution is -0.384. The Morgan fingerprint density at radius 2 is 1.59 bits per heavy atom. The van der Waals surface area contributed by atoms with Gasteiger partial charge in [0.2, 0.25) is 0 Å². The molecule has 2 aromatic carbocycles. The number of nitrogens with zero attached hydrogens (tertiary/aromatic N) is 3. The van der Waals surface area contributed by atoms with Crippen LogP contribution < -0.4 is 4.90 Å². The maximum absolute atomic E-state index is 10.8. The zero-order valence-corrected chi connectivity index (χ0v) is 15.0. The van der Waals surface area contributed by atoms with Crippen LogP contribution in [0.5, 0.6) is 0 Å². The summed E-state index contributed by atoms with van der Waals surface area (Å²) < 4.78 is 6.00. The van der Waals surface area contributed by atoms with Gasteiger partial charge in [-0.1, -0.05) is 30.3 Å². The van der Waals surface area contributed by atoms with Crippen molar-refractivity contribution in [3.8, 4) is 11.3 Å². The quantitative estimate of drug-likeness (QED) is 0.503. The first-order valence-electron chi connectivity index (χ1n) is 9.05. The van der Waals surface area contributed by atoms with Gasteiger partial charge < -0.3 is 9.32 Å². The molecule has 4 rings (SSSR count). The molecule has 0 radical (unpaired) electrons. The Morgan fingerprint density at radius 3 is 2.26 bits per heavy atom. The number of piperazine rings is 1. The van der Waals surface area contributed by atoms with Crippen molar-refractivity contribution in [3.63, 3.8) is 0 Å². The van der Waals surface area contributed by atoms with Crippen LogP contribution in [0.3, 0.4) is 0 Å². The molecule has 1 aromatic heterocycles. The highest BCUT2D eigenvalue weighted by atomic mass is 16.6. The molecule has 2 heterocycles. The topological polar surface area (TPSA) is 62.8 Å². The molecule has 0 saturated carbocycles. The molecule has 0 bridgehead atoms. The number of benzene rings is 2. The van der Waals surface area contributed by atoms with Crippen LogP contribution in [-0.4, -0.2) is 36.0 Å². The highest BCUT2D eigenvalue weighted by Gasteiger charge is 2.19. The molecule has 138 valence electrons. The summed E-state index contributed by atoms with van der Waals surface area (Å²) in [5.74, 6) is 1.87. The van der Waals surface area contributed by atoms with Crippen LogP contribution in [0.2, 0.25) is 0 Å². The summed E-state index contributed by atoms with van der Waals surface area (Å²) in [6.45, 7) is 4.44. The molecule has 1 fully saturated rings. The van der Waals surface area contributed by atoms with Crippen molar-refractivity contribution in [2.24, 2.45) is 0 Å². The first kappa shape index (κ1) is 17.3. The number of anilines is 1. The van der Waals surface area contributed by atoms with Gasteiger partial charge >= 0.3 is 0 Å². The van der Waals surface area contributed by atoms with E-state index >= 15 is 0 Å². The second-order valence-corrected chi connectivity index (χ2v) is 6.67. The number of non-ortho nitro benzene ring substituents is 1. The molecule has 27 heavy (non-hydrogen) atoms. The molecule has 1 aliphatic rings. The third-order valence-electron chi connectivity index (χ3n) is 4.90. The third kappa shape index (κ3) is 4.01. The van der Waals surface area contributed by atoms with Crippen molar-refractivity contribution >= 4 is 11.4 Å². The Kier molecular flexibility index (Phi) is 4.89. The van der Waals surface area contributed by atoms with E-state index in [-0.39, 0.29) is 10.6 Å². The summed E-state index contributed by atoms with van der Waals surface area (Å²) in [4.78, 5) is 15.0. The van der Waals surface area contributed by atoms with E-state index in [1.54, 1.807) is 12.1 Å². The maximum Gasteiger partial charge on any atom is 0.269 e. The monoisotopic (exact) mass is 363 g/mol. The van der Waals surface area contributed by atoms with E-state index in [0.29, 0.717) is 0 Å². The van der Waals surface area contributed by atoms with E-state index < -0.39 is 0 Å². The van der Waals surface area contributed by atoms with Crippen molar-refractivity contribution in [2.75, 3.05) is 31.1 Å². The standard InChI is InChI=1S/C21H21N3O3/c25-24(26)19-8-6-18(7-9-19)23-14-12-22(13-15-23)16-20-10-11-21(27-20)17-4-2-1-3-5-17/h1-11H,12-16H2. The van der Waals surface area contributed by atoms with Crippen LogP contribution in [0, 0.1) is 10.1 Å². The molecule has 1 saturated heterocycles. The molecule has 0 unspecified atom stereocenters. The number of hydrogen-bond donors (Lipinski definition) is 0. The normalized spacial score (nSPS) is 15.0. The van der Waals surface area contributed by atoms with Crippen LogP contribution in [0.25, 0.3) is 11.3 Å². The second kappa shape index (κ2) is 7.63. The van der Waals surface area contributed by atoms with Gasteiger partial charge in [0.15, 0.2) is 0 Å². The SMILES string of the molecule is O=[N+]([O-])c1ccc(N2CCN(Cc3ccc(-c4ccccc4)o3)CC2)cc1. The number of hydrogen-bond acceptors (Lipinski definition) is 5. The van der Waals surface area contributed by atoms with E-state index in [2.05, 4.69) is 9.80 Å². The Morgan fingerprint density at radius 1 is 0.889 bits per heavy atom. The molecule has 3 aromatic rings. The highest BCUT2D eigenvalue weighted by Crippen LogP contribution is 2.24. The van der Waals surface area contributed by atoms with Crippen LogP contribution in [0.1, 0.15) is 5.76 Å². The Hall–Kier alpha value is -3.12. The fourth-order valence-corrected chi connectivity index (χ4v) is 3.39. The average Bonchev–Trinajstić information content (AvgIpc) is 3.18. The number of nitro groups is 1. The predicted octanol–water partition coefficient (Wildman–Crippen LogP) is 4.18. The van der Waals surface area contributed by atoms with Crippen LogP contribution >= 0.6 is 0 Å². The summed E-state index contributed by atoms with van der Waals surface area (Å²) in [7, 11) is 0. The molecular formula is C21H21N3O3. The lowest BCUT2D eigenvalue weighted by Crippen LogP contribution is -2.45. The summed E-state index contributed by atoms with van der Waals surface area (Å²) in [6.07, 6.45) is 0. The van der Waals surface area contributed by atoms with Crippen LogP contribution in [0.15, 0.2) is 71.1 Å². The van der Waals surface area contributed by atoms with Gasteiger partial charge in [0, 0.05) is 49.6 Å². The molecule has 6 nitrogen and oxygen atoms in total. The summed E-state index contributed by atoms with van der Waals surface area (Å²) in [6, 6.07) is 21.0. The molecule has 1 aliphatic heterocycles. The molecule has 0 spiro atoms. The Bertz CT molecular complexity index is 898. The fraction of sp³-hybridized carbons (Fsp3) is 0.238. The molecule has 0 amide bonds. The summed E-state index contributed by atoms with van der Waals surface area (Å²) in [5, 5.41) is 10.8. The molecule has 0 aliphatic carbocycles. The van der Waals surface area contributed by atoms with Crippen molar-refractivity contribution in [1.29, 1.82) is 0 Å². The minimum absolute atomic E-state index is 0.129. The largest absolute Gasteiger partial charge is 0.460 e. The van der Waals surface area contributed by atoms with Gasteiger partial charge in [-0.3, -0.25) is 15.0 Å². The smallest absolute Gasteiger partial charge is 0.269 e. The second-order valence-electron chi connectivity index (χ2n) is 6.67. The number of nitro benzene ring substituents is 1. The molecular weight excluding hydrogens is 342 g/mol. The van der Waals surface area contributed by atoms with E-state index in [1.165, 1.54) is 0 Å². The van der Waals surface area contributed by atoms with Gasteiger partial charge in [0.25, 0.3) is 5.69 Å². The van der Waals surface area contributed by atoms with Gasteiger partial charge in [-0.2, -0.15) is 0 Å². The average molecular weight is 363 g/mol. The first-order chi connectivity index (χ1) is 13.2. The first-order valence-corrected chi connectivity index (χ1v) is 9.05. The van der Waals surface area contributed by atoms with Crippen molar-refractivity contribution in [3.05, 3.63) is 82.6 Å². The molecule has 6 heteroatoms. The molecule has 0 N–H and O–H groups in total. The van der Waals surface area contributed by atoms with E-state index in [4.69, 9.17) is 4.42 Å². The van der Waals surface area contributed by atoms with Crippen molar-refractivity contribution in [2.45, 2.75) is 6.54 Å². The number of rotatable bonds is 5.